The molecule has 7 heteroatoms. The largest absolute Gasteiger partial charge is 0.431 e. The third-order valence-electron chi connectivity index (χ3n) is 2.12. The average molecular weight is 254 g/mol. The van der Waals surface area contributed by atoms with E-state index >= 15 is 0 Å². The molecule has 0 unspecified atom stereocenters. The van der Waals surface area contributed by atoms with E-state index in [0.717, 1.165) is 0 Å². The molecule has 0 aromatic carbocycles. The molecule has 16 heavy (non-hydrogen) atoms. The molecule has 0 aromatic rings. The standard InChI is InChI=1S/C9H13F7/c1-6(2,3)4-5-7(10,8(11,12)13)9(14,15)16/h4-5H2,1-3H3. The van der Waals surface area contributed by atoms with Crippen LogP contribution in [-0.2, 0) is 0 Å². The maximum Gasteiger partial charge on any atom is 0.431 e. The first-order valence-electron chi connectivity index (χ1n) is 4.53. The van der Waals surface area contributed by atoms with E-state index in [2.05, 4.69) is 0 Å². The van der Waals surface area contributed by atoms with Crippen molar-refractivity contribution in [3.8, 4) is 0 Å². The lowest BCUT2D eigenvalue weighted by atomic mass is 9.85. The van der Waals surface area contributed by atoms with Crippen molar-refractivity contribution < 1.29 is 30.7 Å². The summed E-state index contributed by atoms with van der Waals surface area (Å²) in [5.41, 5.74) is -5.92. The average Bonchev–Trinajstić information content (AvgIpc) is 1.93. The van der Waals surface area contributed by atoms with Crippen LogP contribution >= 0.6 is 0 Å². The summed E-state index contributed by atoms with van der Waals surface area (Å²) in [5, 5.41) is 0. The van der Waals surface area contributed by atoms with Crippen LogP contribution in [0.1, 0.15) is 33.6 Å². The molecule has 0 aliphatic carbocycles. The second kappa shape index (κ2) is 4.07. The third-order valence-corrected chi connectivity index (χ3v) is 2.12. The highest BCUT2D eigenvalue weighted by Crippen LogP contribution is 2.50. The topological polar surface area (TPSA) is 0 Å². The lowest BCUT2D eigenvalue weighted by Gasteiger charge is -2.32. The van der Waals surface area contributed by atoms with Crippen LogP contribution in [0.2, 0.25) is 0 Å². The summed E-state index contributed by atoms with van der Waals surface area (Å²) in [6.45, 7) is 4.33. The highest BCUT2D eigenvalue weighted by atomic mass is 19.4. The zero-order chi connectivity index (χ0) is 13.4. The van der Waals surface area contributed by atoms with Gasteiger partial charge in [0.2, 0.25) is 0 Å². The van der Waals surface area contributed by atoms with E-state index in [0.29, 0.717) is 0 Å². The van der Waals surface area contributed by atoms with Crippen molar-refractivity contribution in [3.05, 3.63) is 0 Å². The fourth-order valence-electron chi connectivity index (χ4n) is 0.991. The Morgan fingerprint density at radius 2 is 0.938 bits per heavy atom. The van der Waals surface area contributed by atoms with Crippen LogP contribution in [0.3, 0.4) is 0 Å². The van der Waals surface area contributed by atoms with E-state index < -0.39 is 36.3 Å². The van der Waals surface area contributed by atoms with Crippen molar-refractivity contribution in [2.24, 2.45) is 5.41 Å². The molecule has 0 saturated heterocycles. The molecule has 0 spiro atoms. The van der Waals surface area contributed by atoms with Gasteiger partial charge >= 0.3 is 12.4 Å². The van der Waals surface area contributed by atoms with Crippen molar-refractivity contribution in [2.75, 3.05) is 0 Å². The zero-order valence-corrected chi connectivity index (χ0v) is 9.06. The Hall–Kier alpha value is -0.490. The van der Waals surface area contributed by atoms with E-state index in [1.54, 1.807) is 0 Å². The minimum atomic E-state index is -5.93. The van der Waals surface area contributed by atoms with Gasteiger partial charge in [-0.3, -0.25) is 0 Å². The molecular weight excluding hydrogens is 241 g/mol. The van der Waals surface area contributed by atoms with E-state index in [1.807, 2.05) is 0 Å². The van der Waals surface area contributed by atoms with Gasteiger partial charge in [-0.05, 0) is 11.8 Å². The Balaban J connectivity index is 5.00. The Kier molecular flexibility index (Phi) is 3.95. The second-order valence-corrected chi connectivity index (χ2v) is 4.86. The van der Waals surface area contributed by atoms with Gasteiger partial charge in [0.1, 0.15) is 0 Å². The number of alkyl halides is 7. The number of hydrogen-bond donors (Lipinski definition) is 0. The first-order valence-corrected chi connectivity index (χ1v) is 4.53. The Bertz CT molecular complexity index is 216. The van der Waals surface area contributed by atoms with Gasteiger partial charge in [0.25, 0.3) is 5.67 Å². The van der Waals surface area contributed by atoms with Crippen molar-refractivity contribution >= 4 is 0 Å². The highest BCUT2D eigenvalue weighted by molar-refractivity contribution is 4.95. The molecule has 0 heterocycles. The lowest BCUT2D eigenvalue weighted by Crippen LogP contribution is -2.53. The Morgan fingerprint density at radius 1 is 0.625 bits per heavy atom. The predicted octanol–water partition coefficient (Wildman–Crippen LogP) is 4.65. The van der Waals surface area contributed by atoms with E-state index in [4.69, 9.17) is 0 Å². The van der Waals surface area contributed by atoms with Crippen LogP contribution in [0, 0.1) is 5.41 Å². The number of hydrogen-bond acceptors (Lipinski definition) is 0. The van der Waals surface area contributed by atoms with Crippen LogP contribution < -0.4 is 0 Å². The van der Waals surface area contributed by atoms with Gasteiger partial charge in [0, 0.05) is 6.42 Å². The summed E-state index contributed by atoms with van der Waals surface area (Å²) in [5.74, 6) is 0. The fourth-order valence-corrected chi connectivity index (χ4v) is 0.991. The SMILES string of the molecule is CC(C)(C)CCC(F)(C(F)(F)F)C(F)(F)F. The van der Waals surface area contributed by atoms with Crippen LogP contribution in [-0.4, -0.2) is 18.0 Å². The molecule has 98 valence electrons. The summed E-state index contributed by atoms with van der Waals surface area (Å²) in [6, 6.07) is 0. The van der Waals surface area contributed by atoms with Crippen molar-refractivity contribution in [2.45, 2.75) is 51.6 Å². The molecule has 0 saturated carbocycles. The first-order chi connectivity index (χ1) is 6.71. The summed E-state index contributed by atoms with van der Waals surface area (Å²) in [6.07, 6.45) is -14.0. The maximum absolute atomic E-state index is 13.1. The molecule has 0 fully saturated rings. The Morgan fingerprint density at radius 3 is 1.12 bits per heavy atom. The van der Waals surface area contributed by atoms with Crippen LogP contribution in [0.25, 0.3) is 0 Å². The molecule has 0 nitrogen and oxygen atoms in total. The molecular formula is C9H13F7. The molecule has 0 aliphatic rings. The normalized spacial score (nSPS) is 15.4. The minimum absolute atomic E-state index is 0.511. The summed E-state index contributed by atoms with van der Waals surface area (Å²) in [7, 11) is 0. The highest BCUT2D eigenvalue weighted by Gasteiger charge is 2.71. The summed E-state index contributed by atoms with van der Waals surface area (Å²) < 4.78 is 85.6. The van der Waals surface area contributed by atoms with E-state index in [9.17, 15) is 30.7 Å². The van der Waals surface area contributed by atoms with Crippen LogP contribution in [0.4, 0.5) is 30.7 Å². The lowest BCUT2D eigenvalue weighted by molar-refractivity contribution is -0.344. The maximum atomic E-state index is 13.1. The monoisotopic (exact) mass is 254 g/mol. The molecule has 0 radical (unpaired) electrons. The summed E-state index contributed by atoms with van der Waals surface area (Å²) >= 11 is 0. The van der Waals surface area contributed by atoms with Crippen molar-refractivity contribution in [1.82, 2.24) is 0 Å². The van der Waals surface area contributed by atoms with Gasteiger partial charge in [-0.25, -0.2) is 4.39 Å². The van der Waals surface area contributed by atoms with Crippen LogP contribution in [0.5, 0.6) is 0 Å². The molecule has 0 atom stereocenters. The van der Waals surface area contributed by atoms with E-state index in [1.165, 1.54) is 20.8 Å². The molecule has 0 N–H and O–H groups in total. The van der Waals surface area contributed by atoms with Gasteiger partial charge in [-0.15, -0.1) is 0 Å². The number of halogens is 7. The van der Waals surface area contributed by atoms with Gasteiger partial charge < -0.3 is 0 Å². The molecule has 0 aromatic heterocycles. The quantitative estimate of drug-likeness (QED) is 0.629. The smallest absolute Gasteiger partial charge is 0.224 e. The van der Waals surface area contributed by atoms with Crippen molar-refractivity contribution in [1.29, 1.82) is 0 Å². The minimum Gasteiger partial charge on any atom is -0.224 e. The molecule has 0 bridgehead atoms. The molecule has 0 aliphatic heterocycles. The Labute approximate surface area is 88.8 Å². The van der Waals surface area contributed by atoms with Crippen LogP contribution in [0.15, 0.2) is 0 Å². The predicted molar refractivity (Wildman–Crippen MR) is 44.6 cm³/mol. The summed E-state index contributed by atoms with van der Waals surface area (Å²) in [4.78, 5) is 0. The fraction of sp³-hybridized carbons (Fsp3) is 1.00. The molecule has 0 amide bonds. The van der Waals surface area contributed by atoms with Gasteiger partial charge in [-0.2, -0.15) is 26.3 Å². The number of rotatable bonds is 2. The van der Waals surface area contributed by atoms with Gasteiger partial charge in [0.05, 0.1) is 0 Å². The molecule has 0 rings (SSSR count). The first kappa shape index (κ1) is 15.5. The second-order valence-electron chi connectivity index (χ2n) is 4.86. The zero-order valence-electron chi connectivity index (χ0n) is 9.06. The third kappa shape index (κ3) is 3.52. The van der Waals surface area contributed by atoms with E-state index in [-0.39, 0.29) is 0 Å². The van der Waals surface area contributed by atoms with Gasteiger partial charge in [-0.1, -0.05) is 20.8 Å². The van der Waals surface area contributed by atoms with Crippen molar-refractivity contribution in [3.63, 3.8) is 0 Å². The van der Waals surface area contributed by atoms with Gasteiger partial charge in [0.15, 0.2) is 0 Å².